The van der Waals surface area contributed by atoms with Crippen LogP contribution in [0.4, 0.5) is 0 Å². The molecule has 4 N–H and O–H groups in total. The van der Waals surface area contributed by atoms with Gasteiger partial charge >= 0.3 is 0 Å². The maximum absolute atomic E-state index is 11.9. The number of imidazole rings is 1. The summed E-state index contributed by atoms with van der Waals surface area (Å²) in [4.78, 5) is 18.6. The zero-order valence-electron chi connectivity index (χ0n) is 11.7. The van der Waals surface area contributed by atoms with Crippen LogP contribution in [0.1, 0.15) is 16.7 Å². The molecule has 23 heavy (non-hydrogen) atoms. The second-order valence-electron chi connectivity index (χ2n) is 4.40. The Hall–Kier alpha value is -3.93. The lowest BCUT2D eigenvalue weighted by atomic mass is 10.1. The number of nitrogens with one attached hydrogen (secondary N) is 1. The summed E-state index contributed by atoms with van der Waals surface area (Å²) in [7, 11) is 0. The Morgan fingerprint density at radius 1 is 1.00 bits per heavy atom. The van der Waals surface area contributed by atoms with Gasteiger partial charge in [0.1, 0.15) is 40.8 Å². The van der Waals surface area contributed by atoms with Crippen molar-refractivity contribution in [3.63, 3.8) is 0 Å². The Morgan fingerprint density at radius 3 is 2.22 bits per heavy atom. The Morgan fingerprint density at radius 2 is 1.65 bits per heavy atom. The lowest BCUT2D eigenvalue weighted by Gasteiger charge is -2.04. The SMILES string of the molecule is N.N#Cc1ccc(-n2cnc3c(C#N)c(C#N)c(=O)[nH]c32)cc1. The highest BCUT2D eigenvalue weighted by molar-refractivity contribution is 5.81. The van der Waals surface area contributed by atoms with Crippen molar-refractivity contribution in [3.05, 3.63) is 57.6 Å². The number of aromatic amines is 1. The number of hydrogen-bond donors (Lipinski definition) is 2. The summed E-state index contributed by atoms with van der Waals surface area (Å²) >= 11 is 0. The summed E-state index contributed by atoms with van der Waals surface area (Å²) in [5, 5.41) is 27.0. The first-order valence-electron chi connectivity index (χ1n) is 6.13. The predicted molar refractivity (Wildman–Crippen MR) is 80.9 cm³/mol. The van der Waals surface area contributed by atoms with Crippen molar-refractivity contribution in [1.29, 1.82) is 15.8 Å². The molecule has 2 heterocycles. The molecule has 0 unspecified atom stereocenters. The van der Waals surface area contributed by atoms with Crippen LogP contribution in [0, 0.1) is 34.0 Å². The minimum atomic E-state index is -0.637. The maximum Gasteiger partial charge on any atom is 0.268 e. The smallest absolute Gasteiger partial charge is 0.268 e. The summed E-state index contributed by atoms with van der Waals surface area (Å²) in [6, 6.07) is 12.2. The molecule has 0 radical (unpaired) electrons. The largest absolute Gasteiger partial charge is 0.344 e. The zero-order chi connectivity index (χ0) is 15.7. The van der Waals surface area contributed by atoms with E-state index in [-0.39, 0.29) is 22.8 Å². The summed E-state index contributed by atoms with van der Waals surface area (Å²) in [6.45, 7) is 0. The van der Waals surface area contributed by atoms with Gasteiger partial charge in [-0.1, -0.05) is 0 Å². The summed E-state index contributed by atoms with van der Waals surface area (Å²) < 4.78 is 1.58. The van der Waals surface area contributed by atoms with E-state index in [2.05, 4.69) is 9.97 Å². The Kier molecular flexibility index (Phi) is 3.91. The molecule has 0 saturated carbocycles. The van der Waals surface area contributed by atoms with E-state index in [0.717, 1.165) is 0 Å². The quantitative estimate of drug-likeness (QED) is 0.693. The molecule has 110 valence electrons. The monoisotopic (exact) mass is 303 g/mol. The topological polar surface area (TPSA) is 157 Å². The first kappa shape index (κ1) is 15.5. The van der Waals surface area contributed by atoms with Crippen LogP contribution < -0.4 is 11.7 Å². The van der Waals surface area contributed by atoms with Crippen LogP contribution in [-0.2, 0) is 0 Å². The van der Waals surface area contributed by atoms with E-state index in [4.69, 9.17) is 10.5 Å². The molecule has 1 aromatic carbocycles. The normalized spacial score (nSPS) is 9.43. The highest BCUT2D eigenvalue weighted by Gasteiger charge is 2.16. The van der Waals surface area contributed by atoms with E-state index >= 15 is 0 Å². The van der Waals surface area contributed by atoms with Gasteiger partial charge in [-0.05, 0) is 24.3 Å². The summed E-state index contributed by atoms with van der Waals surface area (Å²) in [5.41, 5.74) is 0.820. The summed E-state index contributed by atoms with van der Waals surface area (Å²) in [5.74, 6) is 0. The molecule has 2 aromatic heterocycles. The van der Waals surface area contributed by atoms with Gasteiger partial charge in [-0.2, -0.15) is 15.8 Å². The molecule has 3 aromatic rings. The number of pyridine rings is 1. The van der Waals surface area contributed by atoms with E-state index < -0.39 is 5.56 Å². The first-order valence-corrected chi connectivity index (χ1v) is 6.13. The maximum atomic E-state index is 11.9. The minimum Gasteiger partial charge on any atom is -0.344 e. The van der Waals surface area contributed by atoms with Gasteiger partial charge in [-0.3, -0.25) is 9.36 Å². The van der Waals surface area contributed by atoms with E-state index in [1.807, 2.05) is 12.1 Å². The van der Waals surface area contributed by atoms with Crippen LogP contribution in [0.3, 0.4) is 0 Å². The molecule has 0 spiro atoms. The molecule has 8 nitrogen and oxygen atoms in total. The lowest BCUT2D eigenvalue weighted by Crippen LogP contribution is -2.13. The third-order valence-electron chi connectivity index (χ3n) is 3.21. The van der Waals surface area contributed by atoms with Gasteiger partial charge in [0.2, 0.25) is 0 Å². The average Bonchev–Trinajstić information content (AvgIpc) is 2.96. The van der Waals surface area contributed by atoms with Crippen LogP contribution in [-0.4, -0.2) is 14.5 Å². The molecule has 0 bridgehead atoms. The highest BCUT2D eigenvalue weighted by atomic mass is 16.1. The third kappa shape index (κ3) is 2.30. The lowest BCUT2D eigenvalue weighted by molar-refractivity contribution is 1.06. The minimum absolute atomic E-state index is 0. The molecular weight excluding hydrogens is 294 g/mol. The Labute approximate surface area is 130 Å². The number of rotatable bonds is 1. The molecule has 0 aliphatic rings. The van der Waals surface area contributed by atoms with Crippen molar-refractivity contribution in [2.75, 3.05) is 0 Å². The van der Waals surface area contributed by atoms with E-state index in [1.54, 1.807) is 34.9 Å². The number of benzene rings is 1. The van der Waals surface area contributed by atoms with Gasteiger partial charge in [0.25, 0.3) is 5.56 Å². The fraction of sp³-hybridized carbons (Fsp3) is 0. The number of H-pyrrole nitrogens is 1. The second-order valence-corrected chi connectivity index (χ2v) is 4.40. The van der Waals surface area contributed by atoms with Crippen LogP contribution in [0.15, 0.2) is 35.4 Å². The van der Waals surface area contributed by atoms with Gasteiger partial charge in [0, 0.05) is 5.69 Å². The first-order chi connectivity index (χ1) is 10.7. The second kappa shape index (κ2) is 5.82. The number of hydrogen-bond acceptors (Lipinski definition) is 6. The number of nitriles is 3. The number of fused-ring (bicyclic) bond motifs is 1. The highest BCUT2D eigenvalue weighted by Crippen LogP contribution is 2.19. The van der Waals surface area contributed by atoms with E-state index in [9.17, 15) is 10.1 Å². The molecule has 3 rings (SSSR count). The van der Waals surface area contributed by atoms with Gasteiger partial charge in [0.15, 0.2) is 0 Å². The number of aromatic nitrogens is 3. The molecule has 0 saturated heterocycles. The molecule has 8 heteroatoms. The van der Waals surface area contributed by atoms with Crippen molar-refractivity contribution in [2.45, 2.75) is 0 Å². The third-order valence-corrected chi connectivity index (χ3v) is 3.21. The van der Waals surface area contributed by atoms with E-state index in [1.165, 1.54) is 6.33 Å². The van der Waals surface area contributed by atoms with Crippen molar-refractivity contribution in [3.8, 4) is 23.9 Å². The van der Waals surface area contributed by atoms with Crippen molar-refractivity contribution < 1.29 is 0 Å². The van der Waals surface area contributed by atoms with Gasteiger partial charge in [0.05, 0.1) is 11.6 Å². The number of nitrogens with zero attached hydrogens (tertiary/aromatic N) is 5. The van der Waals surface area contributed by atoms with Gasteiger partial charge in [-0.25, -0.2) is 4.98 Å². The van der Waals surface area contributed by atoms with Crippen molar-refractivity contribution in [2.24, 2.45) is 0 Å². The predicted octanol–water partition coefficient (Wildman–Crippen LogP) is 1.49. The van der Waals surface area contributed by atoms with Crippen LogP contribution in [0.2, 0.25) is 0 Å². The van der Waals surface area contributed by atoms with Crippen molar-refractivity contribution >= 4 is 11.2 Å². The van der Waals surface area contributed by atoms with Crippen LogP contribution in [0.5, 0.6) is 0 Å². The van der Waals surface area contributed by atoms with E-state index in [0.29, 0.717) is 16.9 Å². The van der Waals surface area contributed by atoms with Crippen LogP contribution >= 0.6 is 0 Å². The molecule has 0 amide bonds. The van der Waals surface area contributed by atoms with Crippen LogP contribution in [0.25, 0.3) is 16.9 Å². The zero-order valence-corrected chi connectivity index (χ0v) is 11.7. The molecule has 0 aliphatic carbocycles. The molecule has 0 atom stereocenters. The average molecular weight is 303 g/mol. The molecule has 0 aliphatic heterocycles. The Balaban J connectivity index is 0.00000192. The standard InChI is InChI=1S/C15H6N6O.H3N/c16-5-9-1-3-10(4-2-9)21-8-19-13-11(6-17)12(7-18)15(22)20-14(13)21;/h1-4,8H,(H,20,22);1H3. The summed E-state index contributed by atoms with van der Waals surface area (Å²) in [6.07, 6.45) is 1.45. The molecular formula is C15H9N7O. The fourth-order valence-corrected chi connectivity index (χ4v) is 2.16. The van der Waals surface area contributed by atoms with Gasteiger partial charge < -0.3 is 11.1 Å². The van der Waals surface area contributed by atoms with Gasteiger partial charge in [-0.15, -0.1) is 0 Å². The Bertz CT molecular complexity index is 1070. The molecule has 0 fully saturated rings. The fourth-order valence-electron chi connectivity index (χ4n) is 2.16. The van der Waals surface area contributed by atoms with Crippen molar-refractivity contribution in [1.82, 2.24) is 20.7 Å².